The Bertz CT molecular complexity index is 191. The number of ether oxygens (including phenoxy) is 1. The number of nitrogens with two attached hydrogens (primary N) is 1. The number of hydrazine groups is 1. The summed E-state index contributed by atoms with van der Waals surface area (Å²) in [6.45, 7) is 2.89. The van der Waals surface area contributed by atoms with E-state index >= 15 is 0 Å². The number of hydrogen-bond donors (Lipinski definition) is 2. The summed E-state index contributed by atoms with van der Waals surface area (Å²) >= 11 is 1.75. The lowest BCUT2D eigenvalue weighted by Gasteiger charge is -2.12. The first-order chi connectivity index (χ1) is 6.74. The standard InChI is InChI=1S/C8H16N2O3S/c1-6-7(2-4-12-6)14-5-3-8(11)13-10-9/h6-7,10H,2-5,9H2,1H3. The van der Waals surface area contributed by atoms with E-state index in [0.29, 0.717) is 17.8 Å². The first kappa shape index (κ1) is 11.8. The molecule has 0 aromatic heterocycles. The number of thioether (sulfide) groups is 1. The minimum atomic E-state index is -0.327. The molecule has 1 fully saturated rings. The smallest absolute Gasteiger partial charge is 0.327 e. The van der Waals surface area contributed by atoms with Crippen molar-refractivity contribution in [1.82, 2.24) is 5.59 Å². The average molecular weight is 220 g/mol. The van der Waals surface area contributed by atoms with E-state index in [2.05, 4.69) is 11.8 Å². The van der Waals surface area contributed by atoms with Crippen molar-refractivity contribution in [2.24, 2.45) is 5.84 Å². The molecule has 0 aromatic rings. The Morgan fingerprint density at radius 1 is 1.79 bits per heavy atom. The summed E-state index contributed by atoms with van der Waals surface area (Å²) in [5.74, 6) is 5.25. The van der Waals surface area contributed by atoms with E-state index in [-0.39, 0.29) is 5.97 Å². The fourth-order valence-electron chi connectivity index (χ4n) is 1.34. The molecular formula is C8H16N2O3S. The molecule has 1 rings (SSSR count). The molecule has 2 unspecified atom stereocenters. The van der Waals surface area contributed by atoms with Crippen LogP contribution in [0.25, 0.3) is 0 Å². The molecule has 6 heteroatoms. The van der Waals surface area contributed by atoms with Crippen LogP contribution in [0, 0.1) is 0 Å². The van der Waals surface area contributed by atoms with Crippen molar-refractivity contribution >= 4 is 17.7 Å². The van der Waals surface area contributed by atoms with E-state index in [1.807, 2.05) is 5.59 Å². The summed E-state index contributed by atoms with van der Waals surface area (Å²) in [4.78, 5) is 15.3. The predicted octanol–water partition coefficient (Wildman–Crippen LogP) is 0.209. The van der Waals surface area contributed by atoms with Crippen LogP contribution >= 0.6 is 11.8 Å². The van der Waals surface area contributed by atoms with Crippen molar-refractivity contribution in [3.8, 4) is 0 Å². The molecule has 1 aliphatic heterocycles. The molecule has 1 aliphatic rings. The van der Waals surface area contributed by atoms with Crippen molar-refractivity contribution < 1.29 is 14.4 Å². The first-order valence-electron chi connectivity index (χ1n) is 4.62. The maximum atomic E-state index is 10.9. The van der Waals surface area contributed by atoms with Gasteiger partial charge in [0.2, 0.25) is 0 Å². The number of carbonyl (C=O) groups excluding carboxylic acids is 1. The van der Waals surface area contributed by atoms with Gasteiger partial charge in [-0.1, -0.05) is 5.59 Å². The SMILES string of the molecule is CC1OCCC1SCCC(=O)ONN. The Balaban J connectivity index is 2.06. The van der Waals surface area contributed by atoms with Gasteiger partial charge in [-0.3, -0.25) is 4.79 Å². The van der Waals surface area contributed by atoms with E-state index in [9.17, 15) is 4.79 Å². The molecule has 0 aliphatic carbocycles. The normalized spacial score (nSPS) is 26.4. The van der Waals surface area contributed by atoms with Crippen molar-refractivity contribution in [3.05, 3.63) is 0 Å². The second kappa shape index (κ2) is 6.23. The maximum Gasteiger partial charge on any atom is 0.327 e. The summed E-state index contributed by atoms with van der Waals surface area (Å²) in [7, 11) is 0. The van der Waals surface area contributed by atoms with Crippen LogP contribution in [-0.4, -0.2) is 29.7 Å². The fourth-order valence-corrected chi connectivity index (χ4v) is 2.54. The Morgan fingerprint density at radius 3 is 3.14 bits per heavy atom. The lowest BCUT2D eigenvalue weighted by molar-refractivity contribution is -0.150. The quantitative estimate of drug-likeness (QED) is 0.509. The highest BCUT2D eigenvalue weighted by Gasteiger charge is 2.24. The molecule has 0 amide bonds. The lowest BCUT2D eigenvalue weighted by atomic mass is 10.3. The van der Waals surface area contributed by atoms with Crippen LogP contribution in [-0.2, 0) is 14.4 Å². The lowest BCUT2D eigenvalue weighted by Crippen LogP contribution is -2.26. The van der Waals surface area contributed by atoms with Gasteiger partial charge in [0, 0.05) is 17.6 Å². The number of rotatable bonds is 5. The summed E-state index contributed by atoms with van der Waals surface area (Å²) in [5.41, 5.74) is 1.87. The van der Waals surface area contributed by atoms with Crippen LogP contribution in [0.5, 0.6) is 0 Å². The topological polar surface area (TPSA) is 73.6 Å². The third-order valence-electron chi connectivity index (χ3n) is 2.12. The van der Waals surface area contributed by atoms with E-state index in [0.717, 1.165) is 18.8 Å². The third-order valence-corrected chi connectivity index (χ3v) is 3.60. The summed E-state index contributed by atoms with van der Waals surface area (Å²) in [6, 6.07) is 0. The van der Waals surface area contributed by atoms with Crippen molar-refractivity contribution in [3.63, 3.8) is 0 Å². The Labute approximate surface area is 87.6 Å². The molecule has 0 saturated carbocycles. The zero-order valence-corrected chi connectivity index (χ0v) is 9.01. The Morgan fingerprint density at radius 2 is 2.57 bits per heavy atom. The molecule has 82 valence electrons. The molecule has 14 heavy (non-hydrogen) atoms. The predicted molar refractivity (Wildman–Crippen MR) is 54.3 cm³/mol. The van der Waals surface area contributed by atoms with Gasteiger partial charge in [0.25, 0.3) is 0 Å². The van der Waals surface area contributed by atoms with Crippen LogP contribution in [0.15, 0.2) is 0 Å². The van der Waals surface area contributed by atoms with Gasteiger partial charge in [0.1, 0.15) is 0 Å². The van der Waals surface area contributed by atoms with Gasteiger partial charge in [-0.05, 0) is 13.3 Å². The number of hydrogen-bond acceptors (Lipinski definition) is 6. The van der Waals surface area contributed by atoms with Crippen LogP contribution in [0.2, 0.25) is 0 Å². The second-order valence-electron chi connectivity index (χ2n) is 3.12. The molecule has 0 spiro atoms. The van der Waals surface area contributed by atoms with E-state index in [1.54, 1.807) is 11.8 Å². The van der Waals surface area contributed by atoms with Crippen LogP contribution in [0.3, 0.4) is 0 Å². The minimum Gasteiger partial charge on any atom is -0.377 e. The van der Waals surface area contributed by atoms with Gasteiger partial charge in [-0.2, -0.15) is 11.8 Å². The highest BCUT2D eigenvalue weighted by atomic mass is 32.2. The highest BCUT2D eigenvalue weighted by molar-refractivity contribution is 7.99. The summed E-state index contributed by atoms with van der Waals surface area (Å²) < 4.78 is 5.40. The molecule has 0 aromatic carbocycles. The van der Waals surface area contributed by atoms with Gasteiger partial charge in [0.15, 0.2) is 0 Å². The summed E-state index contributed by atoms with van der Waals surface area (Å²) in [5, 5.41) is 0.508. The molecule has 1 saturated heterocycles. The third kappa shape index (κ3) is 3.83. The van der Waals surface area contributed by atoms with Gasteiger partial charge in [-0.15, -0.1) is 0 Å². The highest BCUT2D eigenvalue weighted by Crippen LogP contribution is 2.26. The van der Waals surface area contributed by atoms with Crippen LogP contribution < -0.4 is 11.4 Å². The zero-order valence-electron chi connectivity index (χ0n) is 8.19. The van der Waals surface area contributed by atoms with E-state index in [1.165, 1.54) is 0 Å². The van der Waals surface area contributed by atoms with E-state index in [4.69, 9.17) is 10.6 Å². The molecule has 5 nitrogen and oxygen atoms in total. The van der Waals surface area contributed by atoms with Crippen LogP contribution in [0.1, 0.15) is 19.8 Å². The largest absolute Gasteiger partial charge is 0.377 e. The second-order valence-corrected chi connectivity index (χ2v) is 4.46. The number of carbonyl (C=O) groups is 1. The molecule has 0 bridgehead atoms. The Hall–Kier alpha value is -0.300. The average Bonchev–Trinajstić information content (AvgIpc) is 2.52. The van der Waals surface area contributed by atoms with Gasteiger partial charge < -0.3 is 9.57 Å². The van der Waals surface area contributed by atoms with Crippen molar-refractivity contribution in [2.75, 3.05) is 12.4 Å². The first-order valence-corrected chi connectivity index (χ1v) is 5.67. The maximum absolute atomic E-state index is 10.9. The van der Waals surface area contributed by atoms with Gasteiger partial charge >= 0.3 is 5.97 Å². The van der Waals surface area contributed by atoms with Gasteiger partial charge in [0.05, 0.1) is 12.5 Å². The van der Waals surface area contributed by atoms with Crippen molar-refractivity contribution in [2.45, 2.75) is 31.1 Å². The molecule has 3 N–H and O–H groups in total. The Kier molecular flexibility index (Phi) is 5.24. The van der Waals surface area contributed by atoms with Crippen LogP contribution in [0.4, 0.5) is 0 Å². The molecule has 2 atom stereocenters. The summed E-state index contributed by atoms with van der Waals surface area (Å²) in [6.07, 6.45) is 1.73. The molecular weight excluding hydrogens is 204 g/mol. The molecule has 1 heterocycles. The monoisotopic (exact) mass is 220 g/mol. The molecule has 0 radical (unpaired) electrons. The minimum absolute atomic E-state index is 0.295. The van der Waals surface area contributed by atoms with Crippen molar-refractivity contribution in [1.29, 1.82) is 0 Å². The van der Waals surface area contributed by atoms with Gasteiger partial charge in [-0.25, -0.2) is 5.84 Å². The fraction of sp³-hybridized carbons (Fsp3) is 0.875. The zero-order chi connectivity index (χ0) is 10.4. The number of nitrogens with one attached hydrogen (secondary N) is 1. The van der Waals surface area contributed by atoms with E-state index < -0.39 is 0 Å².